The molecule has 0 atom stereocenters. The Labute approximate surface area is 168 Å². The Morgan fingerprint density at radius 3 is 2.52 bits per heavy atom. The minimum Gasteiger partial charge on any atom is -0.351 e. The molecule has 2 N–H and O–H groups in total. The molecule has 0 aliphatic carbocycles. The van der Waals surface area contributed by atoms with Crippen molar-refractivity contribution in [1.29, 1.82) is 0 Å². The van der Waals surface area contributed by atoms with E-state index in [2.05, 4.69) is 58.9 Å². The second-order valence-corrected chi connectivity index (χ2v) is 8.52. The molecule has 0 spiro atoms. The number of aliphatic imine (C=N–C) groups is 1. The molecule has 0 saturated carbocycles. The second kappa shape index (κ2) is 9.10. The number of thiazole rings is 2. The molecule has 7 heteroatoms. The maximum absolute atomic E-state index is 4.71. The number of nitrogens with zero attached hydrogens (tertiary/aromatic N) is 3. The van der Waals surface area contributed by atoms with Crippen molar-refractivity contribution in [2.75, 3.05) is 7.05 Å². The van der Waals surface area contributed by atoms with E-state index in [-0.39, 0.29) is 0 Å². The first-order valence-corrected chi connectivity index (χ1v) is 10.7. The van der Waals surface area contributed by atoms with Crippen LogP contribution in [0.3, 0.4) is 0 Å². The van der Waals surface area contributed by atoms with Crippen LogP contribution in [0.2, 0.25) is 0 Å². The third-order valence-corrected chi connectivity index (χ3v) is 6.20. The average Bonchev–Trinajstić information content (AvgIpc) is 3.30. The molecule has 27 heavy (non-hydrogen) atoms. The lowest BCUT2D eigenvalue weighted by Crippen LogP contribution is -2.36. The largest absolute Gasteiger partial charge is 0.351 e. The average molecular weight is 400 g/mol. The summed E-state index contributed by atoms with van der Waals surface area (Å²) in [7, 11) is 1.78. The Bertz CT molecular complexity index is 896. The van der Waals surface area contributed by atoms with Gasteiger partial charge in [0.2, 0.25) is 0 Å². The van der Waals surface area contributed by atoms with E-state index in [0.29, 0.717) is 19.0 Å². The number of hydrogen-bond acceptors (Lipinski definition) is 5. The van der Waals surface area contributed by atoms with Gasteiger partial charge in [-0.05, 0) is 12.8 Å². The second-order valence-electron chi connectivity index (χ2n) is 6.49. The van der Waals surface area contributed by atoms with E-state index < -0.39 is 0 Å². The van der Waals surface area contributed by atoms with Gasteiger partial charge < -0.3 is 10.6 Å². The summed E-state index contributed by atoms with van der Waals surface area (Å²) in [5.74, 6) is 1.23. The van der Waals surface area contributed by atoms with Crippen LogP contribution in [-0.4, -0.2) is 23.0 Å². The summed E-state index contributed by atoms with van der Waals surface area (Å²) in [6.07, 6.45) is 0. The molecule has 2 heterocycles. The molecule has 0 amide bonds. The van der Waals surface area contributed by atoms with Gasteiger partial charge in [0.25, 0.3) is 0 Å². The van der Waals surface area contributed by atoms with Gasteiger partial charge in [0.15, 0.2) is 5.96 Å². The van der Waals surface area contributed by atoms with Crippen molar-refractivity contribution in [2.45, 2.75) is 39.8 Å². The van der Waals surface area contributed by atoms with Gasteiger partial charge in [-0.1, -0.05) is 44.2 Å². The zero-order valence-corrected chi connectivity index (χ0v) is 17.7. The molecule has 2 aromatic heterocycles. The predicted octanol–water partition coefficient (Wildman–Crippen LogP) is 4.56. The van der Waals surface area contributed by atoms with Crippen molar-refractivity contribution in [3.05, 3.63) is 57.0 Å². The van der Waals surface area contributed by atoms with Crippen LogP contribution in [0.4, 0.5) is 0 Å². The van der Waals surface area contributed by atoms with E-state index >= 15 is 0 Å². The first-order chi connectivity index (χ1) is 13.1. The molecule has 0 aliphatic rings. The lowest BCUT2D eigenvalue weighted by Gasteiger charge is -2.10. The Morgan fingerprint density at radius 1 is 1.11 bits per heavy atom. The third-order valence-electron chi connectivity index (χ3n) is 4.12. The number of hydrogen-bond donors (Lipinski definition) is 2. The SMILES string of the molecule is CN=C(NCc1nc(C(C)C)cs1)NCc1sc(-c2ccccc2)nc1C. The molecule has 142 valence electrons. The number of rotatable bonds is 6. The topological polar surface area (TPSA) is 62.2 Å². The minimum absolute atomic E-state index is 0.459. The molecule has 0 saturated heterocycles. The van der Waals surface area contributed by atoms with Crippen LogP contribution < -0.4 is 10.6 Å². The molecule has 0 unspecified atom stereocenters. The minimum atomic E-state index is 0.459. The fourth-order valence-electron chi connectivity index (χ4n) is 2.51. The van der Waals surface area contributed by atoms with Gasteiger partial charge in [0.1, 0.15) is 10.0 Å². The number of benzene rings is 1. The van der Waals surface area contributed by atoms with Gasteiger partial charge in [-0.25, -0.2) is 9.97 Å². The zero-order valence-electron chi connectivity index (χ0n) is 16.1. The molecule has 5 nitrogen and oxygen atoms in total. The summed E-state index contributed by atoms with van der Waals surface area (Å²) in [4.78, 5) is 14.9. The summed E-state index contributed by atoms with van der Waals surface area (Å²) < 4.78 is 0. The van der Waals surface area contributed by atoms with Crippen molar-refractivity contribution in [3.8, 4) is 10.6 Å². The van der Waals surface area contributed by atoms with E-state index in [1.165, 1.54) is 4.88 Å². The molecule has 3 rings (SSSR count). The van der Waals surface area contributed by atoms with E-state index in [0.717, 1.165) is 32.9 Å². The van der Waals surface area contributed by atoms with E-state index in [1.54, 1.807) is 29.7 Å². The molecular formula is C20H25N5S2. The summed E-state index contributed by atoms with van der Waals surface area (Å²) >= 11 is 3.40. The summed E-state index contributed by atoms with van der Waals surface area (Å²) in [5, 5.41) is 11.0. The fourth-order valence-corrected chi connectivity index (χ4v) is 4.41. The highest BCUT2D eigenvalue weighted by Gasteiger charge is 2.10. The van der Waals surface area contributed by atoms with Crippen molar-refractivity contribution in [1.82, 2.24) is 20.6 Å². The Hall–Kier alpha value is -2.25. The quantitative estimate of drug-likeness (QED) is 0.471. The molecule has 0 radical (unpaired) electrons. The molecule has 1 aromatic carbocycles. The van der Waals surface area contributed by atoms with Crippen LogP contribution in [0.1, 0.15) is 41.0 Å². The monoisotopic (exact) mass is 399 g/mol. The maximum atomic E-state index is 4.71. The Morgan fingerprint density at radius 2 is 1.85 bits per heavy atom. The summed E-state index contributed by atoms with van der Waals surface area (Å²) in [6.45, 7) is 7.75. The number of aromatic nitrogens is 2. The Balaban J connectivity index is 1.57. The van der Waals surface area contributed by atoms with Crippen LogP contribution >= 0.6 is 22.7 Å². The smallest absolute Gasteiger partial charge is 0.191 e. The van der Waals surface area contributed by atoms with E-state index in [9.17, 15) is 0 Å². The molecule has 3 aromatic rings. The lowest BCUT2D eigenvalue weighted by atomic mass is 10.2. The molecular weight excluding hydrogens is 374 g/mol. The van der Waals surface area contributed by atoms with Crippen molar-refractivity contribution < 1.29 is 0 Å². The van der Waals surface area contributed by atoms with Crippen LogP contribution in [-0.2, 0) is 13.1 Å². The highest BCUT2D eigenvalue weighted by atomic mass is 32.1. The van der Waals surface area contributed by atoms with Gasteiger partial charge in [-0.3, -0.25) is 4.99 Å². The van der Waals surface area contributed by atoms with Gasteiger partial charge in [-0.2, -0.15) is 0 Å². The maximum Gasteiger partial charge on any atom is 0.191 e. The van der Waals surface area contributed by atoms with Crippen LogP contribution in [0.25, 0.3) is 10.6 Å². The van der Waals surface area contributed by atoms with Gasteiger partial charge in [0, 0.05) is 22.9 Å². The zero-order chi connectivity index (χ0) is 19.2. The van der Waals surface area contributed by atoms with Gasteiger partial charge >= 0.3 is 0 Å². The summed E-state index contributed by atoms with van der Waals surface area (Å²) in [6, 6.07) is 10.3. The van der Waals surface area contributed by atoms with E-state index in [4.69, 9.17) is 4.98 Å². The van der Waals surface area contributed by atoms with Crippen molar-refractivity contribution in [2.24, 2.45) is 4.99 Å². The predicted molar refractivity (Wildman–Crippen MR) is 116 cm³/mol. The summed E-state index contributed by atoms with van der Waals surface area (Å²) in [5.41, 5.74) is 3.36. The standard InChI is InChI=1S/C20H25N5S2/c1-13(2)16-12-26-18(25-16)11-23-20(21-4)22-10-17-14(3)24-19(27-17)15-8-6-5-7-9-15/h5-9,12-13H,10-11H2,1-4H3,(H2,21,22,23). The van der Waals surface area contributed by atoms with Crippen LogP contribution in [0.15, 0.2) is 40.7 Å². The third kappa shape index (κ3) is 5.14. The number of nitrogens with one attached hydrogen (secondary N) is 2. The number of aryl methyl sites for hydroxylation is 1. The molecule has 0 fully saturated rings. The van der Waals surface area contributed by atoms with Gasteiger partial charge in [-0.15, -0.1) is 22.7 Å². The normalized spacial score (nSPS) is 11.8. The molecule has 0 aliphatic heterocycles. The van der Waals surface area contributed by atoms with Crippen molar-refractivity contribution >= 4 is 28.6 Å². The first kappa shape index (κ1) is 19.5. The Kier molecular flexibility index (Phi) is 6.58. The highest BCUT2D eigenvalue weighted by Crippen LogP contribution is 2.27. The first-order valence-electron chi connectivity index (χ1n) is 8.97. The van der Waals surface area contributed by atoms with Crippen LogP contribution in [0, 0.1) is 6.92 Å². The fraction of sp³-hybridized carbons (Fsp3) is 0.350. The van der Waals surface area contributed by atoms with Crippen molar-refractivity contribution in [3.63, 3.8) is 0 Å². The van der Waals surface area contributed by atoms with E-state index in [1.807, 2.05) is 18.2 Å². The lowest BCUT2D eigenvalue weighted by molar-refractivity contribution is 0.786. The molecule has 0 bridgehead atoms. The van der Waals surface area contributed by atoms with Crippen LogP contribution in [0.5, 0.6) is 0 Å². The van der Waals surface area contributed by atoms with Gasteiger partial charge in [0.05, 0.1) is 24.5 Å². The number of guanidine groups is 1. The highest BCUT2D eigenvalue weighted by molar-refractivity contribution is 7.15.